The summed E-state index contributed by atoms with van der Waals surface area (Å²) in [4.78, 5) is 28.8. The number of carboxylic acids is 1. The minimum absolute atomic E-state index is 0.0818. The Bertz CT molecular complexity index is 775. The molecule has 1 unspecified atom stereocenters. The number of hydrogen-bond acceptors (Lipinski definition) is 4. The maximum absolute atomic E-state index is 12.5. The van der Waals surface area contributed by atoms with Crippen LogP contribution in [0.1, 0.15) is 5.56 Å². The lowest BCUT2D eigenvalue weighted by atomic mass is 10.1. The number of aliphatic carboxylic acids is 1. The molecule has 2 aromatic rings. The minimum atomic E-state index is -0.971. The Morgan fingerprint density at radius 1 is 1.41 bits per heavy atom. The van der Waals surface area contributed by atoms with Crippen LogP contribution in [-0.2, 0) is 17.8 Å². The molecule has 6 nitrogen and oxygen atoms in total. The van der Waals surface area contributed by atoms with Gasteiger partial charge in [0.2, 0.25) is 0 Å². The number of aromatic nitrogens is 2. The first-order valence-electron chi connectivity index (χ1n) is 6.84. The van der Waals surface area contributed by atoms with E-state index in [4.69, 9.17) is 0 Å². The first kappa shape index (κ1) is 14.2. The van der Waals surface area contributed by atoms with Crippen molar-refractivity contribution in [3.8, 4) is 0 Å². The maximum atomic E-state index is 12.5. The smallest absolute Gasteiger partial charge is 0.327 e. The fourth-order valence-electron chi connectivity index (χ4n) is 2.69. The van der Waals surface area contributed by atoms with Gasteiger partial charge in [-0.25, -0.2) is 14.2 Å². The zero-order chi connectivity index (χ0) is 15.7. The molecule has 1 aliphatic rings. The number of aryl methyl sites for hydroxylation is 1. The van der Waals surface area contributed by atoms with Gasteiger partial charge >= 0.3 is 5.97 Å². The van der Waals surface area contributed by atoms with E-state index in [2.05, 4.69) is 4.98 Å². The van der Waals surface area contributed by atoms with Gasteiger partial charge in [-0.1, -0.05) is 18.2 Å². The van der Waals surface area contributed by atoms with Crippen LogP contribution in [0, 0.1) is 0 Å². The lowest BCUT2D eigenvalue weighted by Gasteiger charge is -2.24. The van der Waals surface area contributed by atoms with Crippen LogP contribution in [0.15, 0.2) is 41.5 Å². The van der Waals surface area contributed by atoms with Gasteiger partial charge in [0.25, 0.3) is 5.56 Å². The second kappa shape index (κ2) is 5.59. The van der Waals surface area contributed by atoms with Crippen LogP contribution >= 0.6 is 0 Å². The Balaban J connectivity index is 2.10. The molecule has 1 aliphatic heterocycles. The highest BCUT2D eigenvalue weighted by Crippen LogP contribution is 2.36. The summed E-state index contributed by atoms with van der Waals surface area (Å²) < 4.78 is 13.7. The molecule has 0 aliphatic carbocycles. The third-order valence-corrected chi connectivity index (χ3v) is 3.70. The summed E-state index contributed by atoms with van der Waals surface area (Å²) in [5.74, 6) is -0.647. The number of hydrogen-bond donors (Lipinski definition) is 1. The molecule has 22 heavy (non-hydrogen) atoms. The first-order chi connectivity index (χ1) is 10.6. The number of halogens is 1. The van der Waals surface area contributed by atoms with Gasteiger partial charge in [0.05, 0.1) is 18.9 Å². The number of rotatable bonds is 4. The van der Waals surface area contributed by atoms with Crippen molar-refractivity contribution < 1.29 is 14.3 Å². The Kier molecular flexibility index (Phi) is 3.62. The fourth-order valence-corrected chi connectivity index (χ4v) is 2.69. The average Bonchev–Trinajstić information content (AvgIpc) is 2.89. The van der Waals surface area contributed by atoms with Gasteiger partial charge in [0.15, 0.2) is 5.82 Å². The predicted octanol–water partition coefficient (Wildman–Crippen LogP) is 1.36. The number of para-hydroxylation sites is 1. The van der Waals surface area contributed by atoms with Crippen molar-refractivity contribution in [1.29, 1.82) is 0 Å². The van der Waals surface area contributed by atoms with Crippen molar-refractivity contribution in [1.82, 2.24) is 9.55 Å². The van der Waals surface area contributed by atoms with Crippen LogP contribution in [0.2, 0.25) is 0 Å². The summed E-state index contributed by atoms with van der Waals surface area (Å²) in [5.41, 5.74) is 1.23. The van der Waals surface area contributed by atoms with E-state index in [1.54, 1.807) is 4.90 Å². The molecule has 3 rings (SSSR count). The second-order valence-electron chi connectivity index (χ2n) is 5.02. The molecule has 0 spiro atoms. The van der Waals surface area contributed by atoms with Crippen LogP contribution in [0.5, 0.6) is 0 Å². The van der Waals surface area contributed by atoms with Gasteiger partial charge < -0.3 is 14.6 Å². The molecule has 1 atom stereocenters. The van der Waals surface area contributed by atoms with Gasteiger partial charge in [-0.05, 0) is 11.6 Å². The Hall–Kier alpha value is -2.70. The van der Waals surface area contributed by atoms with Gasteiger partial charge in [-0.2, -0.15) is 0 Å². The number of anilines is 2. The van der Waals surface area contributed by atoms with Crippen molar-refractivity contribution in [2.24, 2.45) is 0 Å². The van der Waals surface area contributed by atoms with Gasteiger partial charge in [-0.15, -0.1) is 0 Å². The SMILES string of the molecule is O=C(O)C1Cc2ccccc2N1c1cn(CCF)c(=O)cn1. The first-order valence-corrected chi connectivity index (χ1v) is 6.84. The standard InChI is InChI=1S/C15H14FN3O3/c16-5-6-18-9-13(17-8-14(18)20)19-11-4-2-1-3-10(11)7-12(19)15(21)22/h1-4,8-9,12H,5-7H2,(H,21,22). The molecule has 0 fully saturated rings. The molecule has 2 heterocycles. The monoisotopic (exact) mass is 303 g/mol. The second-order valence-corrected chi connectivity index (χ2v) is 5.02. The molecule has 0 saturated carbocycles. The molecule has 0 bridgehead atoms. The van der Waals surface area contributed by atoms with Crippen LogP contribution in [-0.4, -0.2) is 33.3 Å². The molecule has 1 aromatic carbocycles. The van der Waals surface area contributed by atoms with Gasteiger partial charge in [0, 0.05) is 12.1 Å². The zero-order valence-electron chi connectivity index (χ0n) is 11.6. The molecular formula is C15H14FN3O3. The number of nitrogens with zero attached hydrogens (tertiary/aromatic N) is 3. The Labute approximate surface area is 125 Å². The van der Waals surface area contributed by atoms with Gasteiger partial charge in [-0.3, -0.25) is 4.79 Å². The van der Waals surface area contributed by atoms with E-state index >= 15 is 0 Å². The molecular weight excluding hydrogens is 289 g/mol. The van der Waals surface area contributed by atoms with Crippen molar-refractivity contribution in [2.75, 3.05) is 11.6 Å². The number of carbonyl (C=O) groups is 1. The number of fused-ring (bicyclic) bond motifs is 1. The topological polar surface area (TPSA) is 75.4 Å². The highest BCUT2D eigenvalue weighted by Gasteiger charge is 2.36. The normalized spacial score (nSPS) is 16.6. The highest BCUT2D eigenvalue weighted by molar-refractivity contribution is 5.86. The van der Waals surface area contributed by atoms with E-state index < -0.39 is 24.2 Å². The van der Waals surface area contributed by atoms with E-state index in [0.29, 0.717) is 12.2 Å². The molecule has 114 valence electrons. The van der Waals surface area contributed by atoms with Crippen molar-refractivity contribution >= 4 is 17.5 Å². The van der Waals surface area contributed by atoms with E-state index in [1.807, 2.05) is 24.3 Å². The third-order valence-electron chi connectivity index (χ3n) is 3.70. The summed E-state index contributed by atoms with van der Waals surface area (Å²) in [6, 6.07) is 6.54. The van der Waals surface area contributed by atoms with Gasteiger partial charge in [0.1, 0.15) is 12.7 Å². The van der Waals surface area contributed by atoms with E-state index in [0.717, 1.165) is 17.4 Å². The van der Waals surface area contributed by atoms with Crippen molar-refractivity contribution in [3.63, 3.8) is 0 Å². The van der Waals surface area contributed by atoms with Crippen LogP contribution in [0.3, 0.4) is 0 Å². The zero-order valence-corrected chi connectivity index (χ0v) is 11.6. The Morgan fingerprint density at radius 3 is 2.91 bits per heavy atom. The highest BCUT2D eigenvalue weighted by atomic mass is 19.1. The van der Waals surface area contributed by atoms with Crippen LogP contribution in [0.25, 0.3) is 0 Å². The molecule has 1 N–H and O–H groups in total. The largest absolute Gasteiger partial charge is 0.480 e. The number of benzene rings is 1. The molecule has 0 amide bonds. The maximum Gasteiger partial charge on any atom is 0.327 e. The van der Waals surface area contributed by atoms with Crippen molar-refractivity contribution in [3.05, 3.63) is 52.6 Å². The lowest BCUT2D eigenvalue weighted by Crippen LogP contribution is -2.36. The van der Waals surface area contributed by atoms with E-state index in [1.165, 1.54) is 10.8 Å². The summed E-state index contributed by atoms with van der Waals surface area (Å²) in [6.45, 7) is -0.760. The lowest BCUT2D eigenvalue weighted by molar-refractivity contribution is -0.138. The number of carboxylic acid groups (broad SMARTS) is 1. The third kappa shape index (κ3) is 2.34. The molecule has 0 radical (unpaired) electrons. The number of alkyl halides is 1. The summed E-state index contributed by atoms with van der Waals surface area (Å²) in [5, 5.41) is 9.45. The summed E-state index contributed by atoms with van der Waals surface area (Å²) in [6.07, 6.45) is 2.85. The Morgan fingerprint density at radius 2 is 2.18 bits per heavy atom. The fraction of sp³-hybridized carbons (Fsp3) is 0.267. The van der Waals surface area contributed by atoms with Crippen LogP contribution in [0.4, 0.5) is 15.9 Å². The average molecular weight is 303 g/mol. The quantitative estimate of drug-likeness (QED) is 0.923. The summed E-state index contributed by atoms with van der Waals surface area (Å²) >= 11 is 0. The van der Waals surface area contributed by atoms with E-state index in [-0.39, 0.29) is 6.54 Å². The molecule has 0 saturated heterocycles. The molecule has 7 heteroatoms. The predicted molar refractivity (Wildman–Crippen MR) is 78.2 cm³/mol. The molecule has 1 aromatic heterocycles. The van der Waals surface area contributed by atoms with E-state index in [9.17, 15) is 19.1 Å². The van der Waals surface area contributed by atoms with Crippen LogP contribution < -0.4 is 10.5 Å². The minimum Gasteiger partial charge on any atom is -0.480 e. The summed E-state index contributed by atoms with van der Waals surface area (Å²) in [7, 11) is 0. The van der Waals surface area contributed by atoms with Crippen molar-refractivity contribution in [2.45, 2.75) is 19.0 Å².